The molecule has 0 saturated carbocycles. The fourth-order valence-electron chi connectivity index (χ4n) is 3.19. The highest BCUT2D eigenvalue weighted by Gasteiger charge is 2.17. The molecule has 0 fully saturated rings. The van der Waals surface area contributed by atoms with E-state index < -0.39 is 0 Å². The molecule has 0 aromatic heterocycles. The second-order valence-corrected chi connectivity index (χ2v) is 7.48. The first kappa shape index (κ1) is 25.2. The van der Waals surface area contributed by atoms with E-state index in [-0.39, 0.29) is 18.2 Å². The third-order valence-corrected chi connectivity index (χ3v) is 5.09. The Bertz CT molecular complexity index is 1170. The highest BCUT2D eigenvalue weighted by atomic mass is 16.6. The number of nitrogens with zero attached hydrogens (tertiary/aromatic N) is 4. The largest absolute Gasteiger partial charge is 0.398 e. The van der Waals surface area contributed by atoms with Gasteiger partial charge < -0.3 is 15.0 Å². The minimum absolute atomic E-state index is 0.140. The van der Waals surface area contributed by atoms with E-state index in [1.807, 2.05) is 97.7 Å². The van der Waals surface area contributed by atoms with Crippen molar-refractivity contribution in [2.75, 3.05) is 19.2 Å². The highest BCUT2D eigenvalue weighted by Crippen LogP contribution is 2.25. The molecule has 1 N–H and O–H groups in total. The van der Waals surface area contributed by atoms with Crippen LogP contribution in [0, 0.1) is 0 Å². The second kappa shape index (κ2) is 12.7. The molecule has 0 heterocycles. The molecular weight excluding hydrogens is 442 g/mol. The topological polar surface area (TPSA) is 87.9 Å². The first-order chi connectivity index (χ1) is 17.0. The van der Waals surface area contributed by atoms with Crippen LogP contribution in [-0.2, 0) is 21.1 Å². The average Bonchev–Trinajstić information content (AvgIpc) is 2.91. The van der Waals surface area contributed by atoms with Crippen LogP contribution >= 0.6 is 0 Å². The van der Waals surface area contributed by atoms with Crippen LogP contribution < -0.4 is 10.3 Å². The molecule has 0 saturated heterocycles. The van der Waals surface area contributed by atoms with Crippen LogP contribution in [0.15, 0.2) is 100 Å². The van der Waals surface area contributed by atoms with E-state index in [1.165, 1.54) is 14.2 Å². The SMILES string of the molecule is CNC(=O)/C(=N/OC)c1ccccc1CO/N=C(C)/C(C)=N/N(c1ccccc1)c1ccccc1. The van der Waals surface area contributed by atoms with E-state index in [0.29, 0.717) is 17.0 Å². The first-order valence-corrected chi connectivity index (χ1v) is 11.1. The Morgan fingerprint density at radius 1 is 0.829 bits per heavy atom. The maximum atomic E-state index is 12.3. The summed E-state index contributed by atoms with van der Waals surface area (Å²) < 4.78 is 0. The highest BCUT2D eigenvalue weighted by molar-refractivity contribution is 6.45. The normalized spacial score (nSPS) is 12.2. The number of likely N-dealkylation sites (N-methyl/N-ethyl adjacent to an activating group) is 1. The van der Waals surface area contributed by atoms with Crippen molar-refractivity contribution in [3.8, 4) is 0 Å². The molecule has 3 aromatic rings. The van der Waals surface area contributed by atoms with Crippen LogP contribution in [0.4, 0.5) is 11.4 Å². The van der Waals surface area contributed by atoms with Crippen LogP contribution in [0.25, 0.3) is 0 Å². The quantitative estimate of drug-likeness (QED) is 0.337. The second-order valence-electron chi connectivity index (χ2n) is 7.48. The van der Waals surface area contributed by atoms with Gasteiger partial charge in [0.15, 0.2) is 5.71 Å². The average molecular weight is 472 g/mol. The van der Waals surface area contributed by atoms with Gasteiger partial charge >= 0.3 is 0 Å². The maximum Gasteiger partial charge on any atom is 0.273 e. The summed E-state index contributed by atoms with van der Waals surface area (Å²) >= 11 is 0. The lowest BCUT2D eigenvalue weighted by molar-refractivity contribution is -0.114. The summed E-state index contributed by atoms with van der Waals surface area (Å²) in [5, 5.41) is 17.4. The standard InChI is InChI=1S/C27H29N5O3/c1-20(29-32(23-14-7-5-8-15-23)24-16-9-6-10-17-24)21(2)30-35-19-22-13-11-12-18-25(22)26(31-34-4)27(33)28-3/h5-18H,19H2,1-4H3,(H,28,33)/b29-20+,30-21+,31-26+. The molecule has 1 amide bonds. The third-order valence-electron chi connectivity index (χ3n) is 5.09. The van der Waals surface area contributed by atoms with Crippen molar-refractivity contribution in [1.82, 2.24) is 5.32 Å². The Kier molecular flexibility index (Phi) is 9.13. The molecule has 0 spiro atoms. The van der Waals surface area contributed by atoms with Crippen molar-refractivity contribution in [1.29, 1.82) is 0 Å². The number of carbonyl (C=O) groups is 1. The van der Waals surface area contributed by atoms with Crippen molar-refractivity contribution in [2.45, 2.75) is 20.5 Å². The Labute approximate surface area is 205 Å². The lowest BCUT2D eigenvalue weighted by Crippen LogP contribution is -2.29. The summed E-state index contributed by atoms with van der Waals surface area (Å²) in [5.41, 5.74) is 4.68. The summed E-state index contributed by atoms with van der Waals surface area (Å²) in [6.45, 7) is 3.85. The van der Waals surface area contributed by atoms with E-state index in [1.54, 1.807) is 6.07 Å². The number of hydrogen-bond acceptors (Lipinski definition) is 7. The van der Waals surface area contributed by atoms with Gasteiger partial charge in [-0.25, -0.2) is 5.01 Å². The van der Waals surface area contributed by atoms with E-state index in [2.05, 4.69) is 15.6 Å². The lowest BCUT2D eigenvalue weighted by Gasteiger charge is -2.20. The zero-order valence-electron chi connectivity index (χ0n) is 20.3. The van der Waals surface area contributed by atoms with Gasteiger partial charge in [-0.15, -0.1) is 0 Å². The van der Waals surface area contributed by atoms with Crippen LogP contribution in [0.5, 0.6) is 0 Å². The summed E-state index contributed by atoms with van der Waals surface area (Å²) in [6, 6.07) is 27.1. The molecule has 0 aliphatic heterocycles. The number of amides is 1. The molecular formula is C27H29N5O3. The van der Waals surface area contributed by atoms with Crippen molar-refractivity contribution in [2.24, 2.45) is 15.4 Å². The van der Waals surface area contributed by atoms with Crippen molar-refractivity contribution < 1.29 is 14.5 Å². The van der Waals surface area contributed by atoms with Crippen molar-refractivity contribution in [3.63, 3.8) is 0 Å². The zero-order chi connectivity index (χ0) is 25.0. The number of anilines is 2. The predicted molar refractivity (Wildman–Crippen MR) is 140 cm³/mol. The van der Waals surface area contributed by atoms with E-state index in [4.69, 9.17) is 14.8 Å². The molecule has 0 unspecified atom stereocenters. The van der Waals surface area contributed by atoms with Crippen LogP contribution in [0.1, 0.15) is 25.0 Å². The Morgan fingerprint density at radius 3 is 1.97 bits per heavy atom. The van der Waals surface area contributed by atoms with Gasteiger partial charge in [-0.1, -0.05) is 71.0 Å². The molecule has 0 aliphatic carbocycles. The third kappa shape index (κ3) is 6.77. The van der Waals surface area contributed by atoms with E-state index in [9.17, 15) is 4.79 Å². The Morgan fingerprint density at radius 2 is 1.40 bits per heavy atom. The fraction of sp³-hybridized carbons (Fsp3) is 0.185. The zero-order valence-corrected chi connectivity index (χ0v) is 20.3. The molecule has 0 radical (unpaired) electrons. The summed E-state index contributed by atoms with van der Waals surface area (Å²) in [6.07, 6.45) is 0. The smallest absolute Gasteiger partial charge is 0.273 e. The minimum Gasteiger partial charge on any atom is -0.398 e. The number of hydrogen-bond donors (Lipinski definition) is 1. The Hall–Kier alpha value is -4.46. The number of carbonyl (C=O) groups excluding carboxylic acids is 1. The van der Waals surface area contributed by atoms with Gasteiger partial charge in [0.25, 0.3) is 5.91 Å². The maximum absolute atomic E-state index is 12.3. The molecule has 35 heavy (non-hydrogen) atoms. The van der Waals surface area contributed by atoms with Gasteiger partial charge in [0, 0.05) is 18.2 Å². The summed E-state index contributed by atoms with van der Waals surface area (Å²) in [5.74, 6) is -0.358. The van der Waals surface area contributed by atoms with Crippen LogP contribution in [0.2, 0.25) is 0 Å². The molecule has 0 bridgehead atoms. The Balaban J connectivity index is 1.81. The lowest BCUT2D eigenvalue weighted by atomic mass is 10.0. The number of hydrazone groups is 1. The van der Waals surface area contributed by atoms with Gasteiger partial charge in [0.05, 0.1) is 22.8 Å². The minimum atomic E-state index is -0.358. The summed E-state index contributed by atoms with van der Waals surface area (Å²) in [7, 11) is 2.93. The molecule has 3 rings (SSSR count). The number of rotatable bonds is 10. The number of para-hydroxylation sites is 2. The van der Waals surface area contributed by atoms with Gasteiger partial charge in [-0.2, -0.15) is 5.10 Å². The van der Waals surface area contributed by atoms with Gasteiger partial charge in [-0.05, 0) is 38.1 Å². The number of nitrogens with one attached hydrogen (secondary N) is 1. The molecule has 0 aliphatic rings. The van der Waals surface area contributed by atoms with Gasteiger partial charge in [-0.3, -0.25) is 4.79 Å². The van der Waals surface area contributed by atoms with E-state index >= 15 is 0 Å². The summed E-state index contributed by atoms with van der Waals surface area (Å²) in [4.78, 5) is 22.7. The van der Waals surface area contributed by atoms with Crippen molar-refractivity contribution in [3.05, 3.63) is 96.1 Å². The predicted octanol–water partition coefficient (Wildman–Crippen LogP) is 4.89. The molecule has 3 aromatic carbocycles. The monoisotopic (exact) mass is 471 g/mol. The number of benzene rings is 3. The van der Waals surface area contributed by atoms with E-state index in [0.717, 1.165) is 16.9 Å². The van der Waals surface area contributed by atoms with Gasteiger partial charge in [0.1, 0.15) is 13.7 Å². The van der Waals surface area contributed by atoms with Crippen molar-refractivity contribution >= 4 is 34.4 Å². The van der Waals surface area contributed by atoms with Crippen LogP contribution in [-0.4, -0.2) is 37.2 Å². The van der Waals surface area contributed by atoms with Gasteiger partial charge in [0.2, 0.25) is 0 Å². The molecule has 0 atom stereocenters. The van der Waals surface area contributed by atoms with Crippen LogP contribution in [0.3, 0.4) is 0 Å². The molecule has 8 heteroatoms. The fourth-order valence-corrected chi connectivity index (χ4v) is 3.19. The molecule has 180 valence electrons. The molecule has 8 nitrogen and oxygen atoms in total. The number of oxime groups is 2. The first-order valence-electron chi connectivity index (χ1n) is 11.1.